The summed E-state index contributed by atoms with van der Waals surface area (Å²) in [6.07, 6.45) is 4.46. The summed E-state index contributed by atoms with van der Waals surface area (Å²) in [6, 6.07) is 0.282. The third kappa shape index (κ3) is 4.04. The number of carboxylic acids is 1. The molecule has 6 heteroatoms. The number of piperidine rings is 1. The molecular weight excluding hydrogens is 276 g/mol. The third-order valence-electron chi connectivity index (χ3n) is 4.25. The van der Waals surface area contributed by atoms with E-state index in [-0.39, 0.29) is 11.9 Å². The second-order valence-electron chi connectivity index (χ2n) is 5.64. The zero-order valence-corrected chi connectivity index (χ0v) is 12.8. The van der Waals surface area contributed by atoms with Crippen molar-refractivity contribution in [1.29, 1.82) is 0 Å². The lowest BCUT2D eigenvalue weighted by molar-refractivity contribution is -0.143. The van der Waals surface area contributed by atoms with Gasteiger partial charge in [0.2, 0.25) is 0 Å². The van der Waals surface area contributed by atoms with Gasteiger partial charge in [0.15, 0.2) is 0 Å². The monoisotopic (exact) mass is 300 g/mol. The van der Waals surface area contributed by atoms with Gasteiger partial charge in [-0.25, -0.2) is 4.79 Å². The fourth-order valence-electron chi connectivity index (χ4n) is 3.05. The van der Waals surface area contributed by atoms with E-state index >= 15 is 0 Å². The number of carbonyl (C=O) groups excluding carboxylic acids is 1. The van der Waals surface area contributed by atoms with Crippen molar-refractivity contribution in [3.05, 3.63) is 0 Å². The van der Waals surface area contributed by atoms with Crippen molar-refractivity contribution in [2.75, 3.05) is 18.8 Å². The number of hydrogen-bond donors (Lipinski definition) is 2. The molecule has 1 aliphatic carbocycles. The van der Waals surface area contributed by atoms with Crippen LogP contribution in [0.15, 0.2) is 0 Å². The molecule has 5 nitrogen and oxygen atoms in total. The van der Waals surface area contributed by atoms with Crippen LogP contribution >= 0.6 is 11.8 Å². The van der Waals surface area contributed by atoms with E-state index in [9.17, 15) is 9.59 Å². The zero-order valence-electron chi connectivity index (χ0n) is 12.0. The number of amides is 2. The number of hydrogen-bond acceptors (Lipinski definition) is 3. The molecule has 0 aromatic carbocycles. The predicted octanol–water partition coefficient (Wildman–Crippen LogP) is 2.17. The molecule has 2 unspecified atom stereocenters. The molecule has 1 saturated heterocycles. The minimum absolute atomic E-state index is 0.0130. The van der Waals surface area contributed by atoms with Crippen molar-refractivity contribution >= 4 is 23.8 Å². The standard InChI is InChI=1S/C14H24N2O3S/c1-2-20-12-4-3-11(9-12)15-14(19)16-7-5-10(6-8-16)13(17)18/h10-12H,2-9H2,1H3,(H,15,19)(H,17,18). The number of nitrogens with one attached hydrogen (secondary N) is 1. The molecule has 0 spiro atoms. The van der Waals surface area contributed by atoms with Crippen molar-refractivity contribution < 1.29 is 14.7 Å². The fourth-order valence-corrected chi connectivity index (χ4v) is 4.20. The maximum atomic E-state index is 12.2. The molecule has 2 atom stereocenters. The summed E-state index contributed by atoms with van der Waals surface area (Å²) in [5.74, 6) is 0.116. The Balaban J connectivity index is 1.72. The van der Waals surface area contributed by atoms with E-state index in [2.05, 4.69) is 12.2 Å². The van der Waals surface area contributed by atoms with Gasteiger partial charge in [-0.3, -0.25) is 4.79 Å². The molecule has 2 amide bonds. The normalized spacial score (nSPS) is 27.6. The lowest BCUT2D eigenvalue weighted by Gasteiger charge is -2.31. The zero-order chi connectivity index (χ0) is 14.5. The van der Waals surface area contributed by atoms with Gasteiger partial charge in [0.25, 0.3) is 0 Å². The highest BCUT2D eigenvalue weighted by Crippen LogP contribution is 2.29. The summed E-state index contributed by atoms with van der Waals surface area (Å²) in [5.41, 5.74) is 0. The Labute approximate surface area is 124 Å². The number of thioether (sulfide) groups is 1. The first-order valence-corrected chi connectivity index (χ1v) is 8.54. The van der Waals surface area contributed by atoms with Crippen LogP contribution in [-0.2, 0) is 4.79 Å². The number of urea groups is 1. The summed E-state index contributed by atoms with van der Waals surface area (Å²) in [5, 5.41) is 12.7. The first kappa shape index (κ1) is 15.5. The molecule has 0 radical (unpaired) electrons. The lowest BCUT2D eigenvalue weighted by atomic mass is 9.97. The van der Waals surface area contributed by atoms with Gasteiger partial charge >= 0.3 is 12.0 Å². The number of aliphatic carboxylic acids is 1. The SMILES string of the molecule is CCSC1CCC(NC(=O)N2CCC(C(=O)O)CC2)C1. The van der Waals surface area contributed by atoms with Crippen molar-refractivity contribution in [2.45, 2.75) is 50.3 Å². The van der Waals surface area contributed by atoms with Crippen LogP contribution in [0.25, 0.3) is 0 Å². The number of rotatable bonds is 4. The Hall–Kier alpha value is -0.910. The second kappa shape index (κ2) is 7.20. The molecule has 2 N–H and O–H groups in total. The van der Waals surface area contributed by atoms with Crippen LogP contribution in [0.4, 0.5) is 4.79 Å². The number of carbonyl (C=O) groups is 2. The molecule has 2 fully saturated rings. The van der Waals surface area contributed by atoms with Crippen LogP contribution in [0.5, 0.6) is 0 Å². The van der Waals surface area contributed by atoms with Crippen molar-refractivity contribution in [3.63, 3.8) is 0 Å². The van der Waals surface area contributed by atoms with E-state index in [0.717, 1.165) is 18.6 Å². The molecule has 20 heavy (non-hydrogen) atoms. The first-order chi connectivity index (χ1) is 9.60. The molecule has 1 aliphatic heterocycles. The average molecular weight is 300 g/mol. The van der Waals surface area contributed by atoms with Crippen molar-refractivity contribution in [2.24, 2.45) is 5.92 Å². The van der Waals surface area contributed by atoms with Gasteiger partial charge in [-0.2, -0.15) is 11.8 Å². The van der Waals surface area contributed by atoms with Crippen LogP contribution in [0.3, 0.4) is 0 Å². The van der Waals surface area contributed by atoms with E-state index in [4.69, 9.17) is 5.11 Å². The largest absolute Gasteiger partial charge is 0.481 e. The van der Waals surface area contributed by atoms with Crippen LogP contribution in [0, 0.1) is 5.92 Å². The maximum absolute atomic E-state index is 12.2. The Morgan fingerprint density at radius 3 is 2.55 bits per heavy atom. The van der Waals surface area contributed by atoms with Gasteiger partial charge in [-0.15, -0.1) is 0 Å². The third-order valence-corrected chi connectivity index (χ3v) is 5.48. The van der Waals surface area contributed by atoms with E-state index in [1.807, 2.05) is 11.8 Å². The van der Waals surface area contributed by atoms with E-state index in [1.165, 1.54) is 6.42 Å². The van der Waals surface area contributed by atoms with Crippen LogP contribution in [0.1, 0.15) is 39.0 Å². The van der Waals surface area contributed by atoms with Gasteiger partial charge < -0.3 is 15.3 Å². The molecule has 1 heterocycles. The molecule has 114 valence electrons. The highest BCUT2D eigenvalue weighted by Gasteiger charge is 2.30. The molecule has 0 bridgehead atoms. The number of carboxylic acid groups (broad SMARTS) is 1. The first-order valence-electron chi connectivity index (χ1n) is 7.50. The second-order valence-corrected chi connectivity index (χ2v) is 7.21. The van der Waals surface area contributed by atoms with Gasteiger partial charge in [-0.1, -0.05) is 6.92 Å². The van der Waals surface area contributed by atoms with Crippen LogP contribution in [0.2, 0.25) is 0 Å². The average Bonchev–Trinajstić information content (AvgIpc) is 2.86. The Kier molecular flexibility index (Phi) is 5.57. The van der Waals surface area contributed by atoms with Gasteiger partial charge in [0, 0.05) is 24.4 Å². The summed E-state index contributed by atoms with van der Waals surface area (Å²) >= 11 is 1.98. The van der Waals surface area contributed by atoms with Gasteiger partial charge in [0.1, 0.15) is 0 Å². The van der Waals surface area contributed by atoms with E-state index < -0.39 is 5.97 Å². The molecule has 2 aliphatic rings. The summed E-state index contributed by atoms with van der Waals surface area (Å²) in [6.45, 7) is 3.29. The molecule has 2 rings (SSSR count). The van der Waals surface area contributed by atoms with Crippen molar-refractivity contribution in [1.82, 2.24) is 10.2 Å². The highest BCUT2D eigenvalue weighted by molar-refractivity contribution is 7.99. The predicted molar refractivity (Wildman–Crippen MR) is 80.0 cm³/mol. The van der Waals surface area contributed by atoms with E-state index in [0.29, 0.717) is 37.2 Å². The van der Waals surface area contributed by atoms with Crippen molar-refractivity contribution in [3.8, 4) is 0 Å². The quantitative estimate of drug-likeness (QED) is 0.835. The minimum atomic E-state index is -0.736. The summed E-state index contributed by atoms with van der Waals surface area (Å²) < 4.78 is 0. The minimum Gasteiger partial charge on any atom is -0.481 e. The van der Waals surface area contributed by atoms with Gasteiger partial charge in [-0.05, 0) is 37.9 Å². The maximum Gasteiger partial charge on any atom is 0.317 e. The molecular formula is C14H24N2O3S. The fraction of sp³-hybridized carbons (Fsp3) is 0.857. The smallest absolute Gasteiger partial charge is 0.317 e. The van der Waals surface area contributed by atoms with E-state index in [1.54, 1.807) is 4.90 Å². The number of likely N-dealkylation sites (tertiary alicyclic amines) is 1. The molecule has 1 saturated carbocycles. The van der Waals surface area contributed by atoms with Gasteiger partial charge in [0.05, 0.1) is 5.92 Å². The Bertz CT molecular complexity index is 356. The Morgan fingerprint density at radius 2 is 1.95 bits per heavy atom. The number of nitrogens with zero attached hydrogens (tertiary/aromatic N) is 1. The summed E-state index contributed by atoms with van der Waals surface area (Å²) in [7, 11) is 0. The highest BCUT2D eigenvalue weighted by atomic mass is 32.2. The summed E-state index contributed by atoms with van der Waals surface area (Å²) in [4.78, 5) is 24.8. The lowest BCUT2D eigenvalue weighted by Crippen LogP contribution is -2.48. The molecule has 0 aromatic heterocycles. The Morgan fingerprint density at radius 1 is 1.25 bits per heavy atom. The topological polar surface area (TPSA) is 69.6 Å². The van der Waals surface area contributed by atoms with Crippen LogP contribution < -0.4 is 5.32 Å². The van der Waals surface area contributed by atoms with Crippen LogP contribution in [-0.4, -0.2) is 52.1 Å². The molecule has 0 aromatic rings.